The highest BCUT2D eigenvalue weighted by Crippen LogP contribution is 2.27. The van der Waals surface area contributed by atoms with Gasteiger partial charge in [0.15, 0.2) is 0 Å². The fraction of sp³-hybridized carbons (Fsp3) is 0.588. The molecule has 1 saturated carbocycles. The van der Waals surface area contributed by atoms with Crippen molar-refractivity contribution in [2.45, 2.75) is 45.1 Å². The highest BCUT2D eigenvalue weighted by Gasteiger charge is 2.20. The second-order valence-corrected chi connectivity index (χ2v) is 6.49. The molecule has 0 aliphatic heterocycles. The van der Waals surface area contributed by atoms with Crippen molar-refractivity contribution in [1.29, 1.82) is 0 Å². The van der Waals surface area contributed by atoms with E-state index in [2.05, 4.69) is 28.1 Å². The van der Waals surface area contributed by atoms with Crippen LogP contribution in [0.4, 0.5) is 0 Å². The van der Waals surface area contributed by atoms with Gasteiger partial charge < -0.3 is 4.90 Å². The van der Waals surface area contributed by atoms with E-state index < -0.39 is 0 Å². The number of halogens is 1. The first-order chi connectivity index (χ1) is 9.79. The quantitative estimate of drug-likeness (QED) is 0.705. The lowest BCUT2D eigenvalue weighted by atomic mass is 9.86. The third-order valence-electron chi connectivity index (χ3n) is 4.11. The zero-order valence-electron chi connectivity index (χ0n) is 12.1. The Hall–Kier alpha value is -0.830. The molecule has 110 valence electrons. The second kappa shape index (κ2) is 8.46. The van der Waals surface area contributed by atoms with Gasteiger partial charge in [0.1, 0.15) is 0 Å². The van der Waals surface area contributed by atoms with Gasteiger partial charge in [0.05, 0.1) is 0 Å². The van der Waals surface area contributed by atoms with Crippen LogP contribution in [0.25, 0.3) is 0 Å². The van der Waals surface area contributed by atoms with Gasteiger partial charge in [0.2, 0.25) is 5.91 Å². The number of hydrogen-bond donors (Lipinski definition) is 0. The molecule has 0 radical (unpaired) electrons. The molecule has 0 aromatic heterocycles. The fourth-order valence-electron chi connectivity index (χ4n) is 2.97. The van der Waals surface area contributed by atoms with Crippen LogP contribution in [0.5, 0.6) is 0 Å². The molecule has 0 saturated heterocycles. The molecule has 2 rings (SSSR count). The van der Waals surface area contributed by atoms with Crippen LogP contribution in [0.3, 0.4) is 0 Å². The van der Waals surface area contributed by atoms with Crippen LogP contribution in [0.2, 0.25) is 0 Å². The predicted molar refractivity (Wildman–Crippen MR) is 86.8 cm³/mol. The molecule has 1 fully saturated rings. The van der Waals surface area contributed by atoms with Crippen molar-refractivity contribution in [2.75, 3.05) is 11.9 Å². The maximum Gasteiger partial charge on any atom is 0.223 e. The monoisotopic (exact) mass is 337 g/mol. The summed E-state index contributed by atoms with van der Waals surface area (Å²) in [5.41, 5.74) is 1.21. The Balaban J connectivity index is 1.91. The van der Waals surface area contributed by atoms with E-state index in [0.717, 1.165) is 24.8 Å². The van der Waals surface area contributed by atoms with Crippen molar-refractivity contribution in [3.05, 3.63) is 35.9 Å². The maximum atomic E-state index is 12.5. The number of carbonyl (C=O) groups excluding carboxylic acids is 1. The summed E-state index contributed by atoms with van der Waals surface area (Å²) in [5, 5.41) is 0.843. The summed E-state index contributed by atoms with van der Waals surface area (Å²) in [6.07, 6.45) is 7.16. The summed E-state index contributed by atoms with van der Waals surface area (Å²) in [7, 11) is 0. The molecule has 1 aromatic rings. The Labute approximate surface area is 130 Å². The smallest absolute Gasteiger partial charge is 0.223 e. The standard InChI is InChI=1S/C17H24BrNO/c18-11-12-19(14-16-9-5-2-6-10-16)17(20)13-15-7-3-1-4-8-15/h2,5-6,9-10,15H,1,3-4,7-8,11-14H2. The van der Waals surface area contributed by atoms with Crippen molar-refractivity contribution in [1.82, 2.24) is 4.90 Å². The molecule has 20 heavy (non-hydrogen) atoms. The average molecular weight is 338 g/mol. The molecule has 1 aromatic carbocycles. The summed E-state index contributed by atoms with van der Waals surface area (Å²) in [6.45, 7) is 1.53. The molecule has 3 heteroatoms. The molecule has 0 bridgehead atoms. The van der Waals surface area contributed by atoms with Gasteiger partial charge in [-0.1, -0.05) is 65.5 Å². The Bertz CT molecular complexity index is 401. The van der Waals surface area contributed by atoms with Crippen LogP contribution in [0.15, 0.2) is 30.3 Å². The van der Waals surface area contributed by atoms with Gasteiger partial charge in [-0.15, -0.1) is 0 Å². The largest absolute Gasteiger partial charge is 0.338 e. The summed E-state index contributed by atoms with van der Waals surface area (Å²) < 4.78 is 0. The van der Waals surface area contributed by atoms with E-state index in [1.807, 2.05) is 23.1 Å². The third-order valence-corrected chi connectivity index (χ3v) is 4.47. The first-order valence-corrected chi connectivity index (χ1v) is 8.79. The van der Waals surface area contributed by atoms with Gasteiger partial charge in [-0.25, -0.2) is 0 Å². The fourth-order valence-corrected chi connectivity index (χ4v) is 3.39. The molecule has 1 aliphatic carbocycles. The Kier molecular flexibility index (Phi) is 6.58. The van der Waals surface area contributed by atoms with Crippen LogP contribution in [0.1, 0.15) is 44.1 Å². The zero-order valence-corrected chi connectivity index (χ0v) is 13.6. The van der Waals surface area contributed by atoms with E-state index in [-0.39, 0.29) is 0 Å². The van der Waals surface area contributed by atoms with E-state index in [9.17, 15) is 4.79 Å². The maximum absolute atomic E-state index is 12.5. The summed E-state index contributed by atoms with van der Waals surface area (Å²) in [6, 6.07) is 10.3. The van der Waals surface area contributed by atoms with Crippen molar-refractivity contribution in [3.63, 3.8) is 0 Å². The van der Waals surface area contributed by atoms with E-state index >= 15 is 0 Å². The van der Waals surface area contributed by atoms with Crippen LogP contribution in [0, 0.1) is 5.92 Å². The van der Waals surface area contributed by atoms with Crippen molar-refractivity contribution in [2.24, 2.45) is 5.92 Å². The summed E-state index contributed by atoms with van der Waals surface area (Å²) >= 11 is 3.46. The highest BCUT2D eigenvalue weighted by molar-refractivity contribution is 9.09. The summed E-state index contributed by atoms with van der Waals surface area (Å²) in [5.74, 6) is 0.935. The molecular weight excluding hydrogens is 314 g/mol. The minimum absolute atomic E-state index is 0.320. The Morgan fingerprint density at radius 1 is 1.15 bits per heavy atom. The van der Waals surface area contributed by atoms with E-state index in [0.29, 0.717) is 11.8 Å². The lowest BCUT2D eigenvalue weighted by Gasteiger charge is -2.26. The van der Waals surface area contributed by atoms with Crippen molar-refractivity contribution < 1.29 is 4.79 Å². The molecule has 0 spiro atoms. The van der Waals surface area contributed by atoms with Crippen LogP contribution in [-0.2, 0) is 11.3 Å². The first kappa shape index (κ1) is 15.6. The Morgan fingerprint density at radius 2 is 1.85 bits per heavy atom. The lowest BCUT2D eigenvalue weighted by molar-refractivity contribution is -0.132. The van der Waals surface area contributed by atoms with Gasteiger partial charge in [-0.05, 0) is 24.3 Å². The van der Waals surface area contributed by atoms with Crippen LogP contribution >= 0.6 is 15.9 Å². The van der Waals surface area contributed by atoms with E-state index in [1.165, 1.54) is 37.7 Å². The number of amides is 1. The average Bonchev–Trinajstić information content (AvgIpc) is 2.49. The summed E-state index contributed by atoms with van der Waals surface area (Å²) in [4.78, 5) is 14.5. The van der Waals surface area contributed by atoms with E-state index in [1.54, 1.807) is 0 Å². The number of alkyl halides is 1. The minimum atomic E-state index is 0.320. The number of carbonyl (C=O) groups is 1. The molecule has 1 aliphatic rings. The SMILES string of the molecule is O=C(CC1CCCCC1)N(CCBr)Cc1ccccc1. The molecule has 2 nitrogen and oxygen atoms in total. The topological polar surface area (TPSA) is 20.3 Å². The predicted octanol–water partition coefficient (Wildman–Crippen LogP) is 4.38. The van der Waals surface area contributed by atoms with Crippen molar-refractivity contribution >= 4 is 21.8 Å². The molecule has 0 heterocycles. The number of benzene rings is 1. The molecule has 0 unspecified atom stereocenters. The van der Waals surface area contributed by atoms with Crippen LogP contribution < -0.4 is 0 Å². The first-order valence-electron chi connectivity index (χ1n) is 7.67. The van der Waals surface area contributed by atoms with Gasteiger partial charge in [-0.3, -0.25) is 4.79 Å². The molecular formula is C17H24BrNO. The van der Waals surface area contributed by atoms with Gasteiger partial charge in [0.25, 0.3) is 0 Å². The third kappa shape index (κ3) is 4.93. The number of rotatable bonds is 6. The van der Waals surface area contributed by atoms with Crippen molar-refractivity contribution in [3.8, 4) is 0 Å². The highest BCUT2D eigenvalue weighted by atomic mass is 79.9. The molecule has 0 atom stereocenters. The van der Waals surface area contributed by atoms with Gasteiger partial charge in [0, 0.05) is 24.8 Å². The lowest BCUT2D eigenvalue weighted by Crippen LogP contribution is -2.33. The minimum Gasteiger partial charge on any atom is -0.338 e. The second-order valence-electron chi connectivity index (χ2n) is 5.70. The number of hydrogen-bond acceptors (Lipinski definition) is 1. The molecule has 0 N–H and O–H groups in total. The van der Waals surface area contributed by atoms with Gasteiger partial charge >= 0.3 is 0 Å². The molecule has 1 amide bonds. The van der Waals surface area contributed by atoms with E-state index in [4.69, 9.17) is 0 Å². The Morgan fingerprint density at radius 3 is 2.50 bits per heavy atom. The van der Waals surface area contributed by atoms with Crippen LogP contribution in [-0.4, -0.2) is 22.7 Å². The van der Waals surface area contributed by atoms with Gasteiger partial charge in [-0.2, -0.15) is 0 Å². The normalized spacial score (nSPS) is 16.1. The zero-order chi connectivity index (χ0) is 14.2. The number of nitrogens with zero attached hydrogens (tertiary/aromatic N) is 1.